The van der Waals surface area contributed by atoms with Crippen molar-refractivity contribution in [1.82, 2.24) is 9.55 Å². The first-order valence-electron chi connectivity index (χ1n) is 5.96. The van der Waals surface area contributed by atoms with E-state index >= 15 is 0 Å². The van der Waals surface area contributed by atoms with Crippen LogP contribution in [0.25, 0.3) is 11.0 Å². The lowest BCUT2D eigenvalue weighted by molar-refractivity contribution is 0.182. The third-order valence-corrected chi connectivity index (χ3v) is 3.56. The van der Waals surface area contributed by atoms with Crippen molar-refractivity contribution in [3.8, 4) is 0 Å². The number of halogens is 1. The van der Waals surface area contributed by atoms with E-state index in [1.54, 1.807) is 0 Å². The summed E-state index contributed by atoms with van der Waals surface area (Å²) in [5, 5.41) is 0. The fraction of sp³-hybridized carbons (Fsp3) is 0.462. The first-order valence-corrected chi connectivity index (χ1v) is 6.50. The average molecular weight is 251 g/mol. The van der Waals surface area contributed by atoms with Gasteiger partial charge in [-0.2, -0.15) is 0 Å². The van der Waals surface area contributed by atoms with E-state index in [4.69, 9.17) is 16.3 Å². The third-order valence-electron chi connectivity index (χ3n) is 3.32. The van der Waals surface area contributed by atoms with E-state index < -0.39 is 0 Å². The molecule has 90 valence electrons. The zero-order valence-electron chi connectivity index (χ0n) is 9.60. The molecule has 4 heteroatoms. The van der Waals surface area contributed by atoms with Gasteiger partial charge in [0.1, 0.15) is 5.82 Å². The maximum absolute atomic E-state index is 5.97. The molecule has 2 aromatic rings. The molecule has 17 heavy (non-hydrogen) atoms. The van der Waals surface area contributed by atoms with Gasteiger partial charge in [0.15, 0.2) is 0 Å². The Balaban J connectivity index is 1.99. The molecule has 1 atom stereocenters. The summed E-state index contributed by atoms with van der Waals surface area (Å²) in [5.41, 5.74) is 2.21. The summed E-state index contributed by atoms with van der Waals surface area (Å²) >= 11 is 5.97. The number of alkyl halides is 1. The van der Waals surface area contributed by atoms with Gasteiger partial charge in [0.25, 0.3) is 0 Å². The van der Waals surface area contributed by atoms with Gasteiger partial charge >= 0.3 is 0 Å². The minimum atomic E-state index is 0.461. The van der Waals surface area contributed by atoms with Crippen molar-refractivity contribution in [3.05, 3.63) is 30.1 Å². The molecule has 1 aliphatic rings. The quantitative estimate of drug-likeness (QED) is 0.784. The van der Waals surface area contributed by atoms with Crippen LogP contribution in [0, 0.1) is 5.92 Å². The van der Waals surface area contributed by atoms with Crippen molar-refractivity contribution < 1.29 is 4.74 Å². The monoisotopic (exact) mass is 250 g/mol. The number of nitrogens with zero attached hydrogens (tertiary/aromatic N) is 2. The molecule has 0 N–H and O–H groups in total. The fourth-order valence-electron chi connectivity index (χ4n) is 2.42. The molecule has 1 aromatic carbocycles. The number of benzene rings is 1. The number of ether oxygens (including phenoxy) is 1. The smallest absolute Gasteiger partial charge is 0.124 e. The Bertz CT molecular complexity index is 517. The van der Waals surface area contributed by atoms with Crippen LogP contribution in [0.4, 0.5) is 0 Å². The predicted molar refractivity (Wildman–Crippen MR) is 68.2 cm³/mol. The summed E-state index contributed by atoms with van der Waals surface area (Å²) < 4.78 is 7.66. The predicted octanol–water partition coefficient (Wildman–Crippen LogP) is 2.81. The molecule has 0 saturated carbocycles. The van der Waals surface area contributed by atoms with E-state index in [1.807, 2.05) is 18.2 Å². The Kier molecular flexibility index (Phi) is 3.04. The van der Waals surface area contributed by atoms with E-state index in [-0.39, 0.29) is 0 Å². The van der Waals surface area contributed by atoms with Crippen molar-refractivity contribution in [2.24, 2.45) is 5.92 Å². The van der Waals surface area contributed by atoms with Gasteiger partial charge in [-0.25, -0.2) is 4.98 Å². The third kappa shape index (κ3) is 2.05. The summed E-state index contributed by atoms with van der Waals surface area (Å²) in [6.45, 7) is 2.70. The van der Waals surface area contributed by atoms with Crippen molar-refractivity contribution >= 4 is 22.6 Å². The van der Waals surface area contributed by atoms with Gasteiger partial charge in [0.2, 0.25) is 0 Å². The summed E-state index contributed by atoms with van der Waals surface area (Å²) in [4.78, 5) is 4.56. The zero-order valence-corrected chi connectivity index (χ0v) is 10.4. The topological polar surface area (TPSA) is 27.1 Å². The second-order valence-electron chi connectivity index (χ2n) is 4.49. The fourth-order valence-corrected chi connectivity index (χ4v) is 2.62. The number of fused-ring (bicyclic) bond motifs is 1. The van der Waals surface area contributed by atoms with Crippen LogP contribution in [0.2, 0.25) is 0 Å². The molecular weight excluding hydrogens is 236 g/mol. The second-order valence-corrected chi connectivity index (χ2v) is 4.76. The Morgan fingerprint density at radius 1 is 1.41 bits per heavy atom. The summed E-state index contributed by atoms with van der Waals surface area (Å²) in [6, 6.07) is 8.20. The van der Waals surface area contributed by atoms with Gasteiger partial charge in [-0.05, 0) is 18.6 Å². The molecule has 2 heterocycles. The number of rotatable bonds is 3. The Morgan fingerprint density at radius 2 is 2.29 bits per heavy atom. The Hall–Kier alpha value is -1.06. The lowest BCUT2D eigenvalue weighted by Crippen LogP contribution is -2.12. The van der Waals surface area contributed by atoms with Gasteiger partial charge in [-0.15, -0.1) is 11.6 Å². The number of hydrogen-bond acceptors (Lipinski definition) is 2. The van der Waals surface area contributed by atoms with Gasteiger partial charge in [-0.1, -0.05) is 12.1 Å². The second kappa shape index (κ2) is 4.67. The number of aromatic nitrogens is 2. The molecule has 0 spiro atoms. The molecule has 1 fully saturated rings. The SMILES string of the molecule is ClCc1nc2ccccc2n1CC1CCOC1. The average Bonchev–Trinajstić information content (AvgIpc) is 2.98. The normalized spacial score (nSPS) is 20.2. The summed E-state index contributed by atoms with van der Waals surface area (Å²) in [5.74, 6) is 2.01. The highest BCUT2D eigenvalue weighted by Crippen LogP contribution is 2.22. The van der Waals surface area contributed by atoms with Crippen molar-refractivity contribution in [2.75, 3.05) is 13.2 Å². The van der Waals surface area contributed by atoms with E-state index in [0.717, 1.165) is 37.5 Å². The molecule has 1 saturated heterocycles. The number of para-hydroxylation sites is 2. The molecular formula is C13H15ClN2O. The standard InChI is InChI=1S/C13H15ClN2O/c14-7-13-15-11-3-1-2-4-12(11)16(13)8-10-5-6-17-9-10/h1-4,10H,5-9H2. The van der Waals surface area contributed by atoms with Gasteiger partial charge in [0, 0.05) is 19.1 Å². The van der Waals surface area contributed by atoms with Crippen molar-refractivity contribution in [1.29, 1.82) is 0 Å². The van der Waals surface area contributed by atoms with Crippen LogP contribution in [0.1, 0.15) is 12.2 Å². The van der Waals surface area contributed by atoms with Crippen LogP contribution in [0.3, 0.4) is 0 Å². The van der Waals surface area contributed by atoms with Gasteiger partial charge < -0.3 is 9.30 Å². The largest absolute Gasteiger partial charge is 0.381 e. The van der Waals surface area contributed by atoms with E-state index in [9.17, 15) is 0 Å². The molecule has 1 aromatic heterocycles. The van der Waals surface area contributed by atoms with Crippen LogP contribution in [0.5, 0.6) is 0 Å². The van der Waals surface area contributed by atoms with Crippen LogP contribution >= 0.6 is 11.6 Å². The highest BCUT2D eigenvalue weighted by atomic mass is 35.5. The van der Waals surface area contributed by atoms with Crippen LogP contribution in [-0.2, 0) is 17.2 Å². The van der Waals surface area contributed by atoms with E-state index in [2.05, 4.69) is 15.6 Å². The molecule has 0 bridgehead atoms. The molecule has 3 nitrogen and oxygen atoms in total. The molecule has 1 aliphatic heterocycles. The summed E-state index contributed by atoms with van der Waals surface area (Å²) in [7, 11) is 0. The maximum Gasteiger partial charge on any atom is 0.124 e. The van der Waals surface area contributed by atoms with E-state index in [0.29, 0.717) is 11.8 Å². The zero-order chi connectivity index (χ0) is 11.7. The highest BCUT2D eigenvalue weighted by molar-refractivity contribution is 6.16. The van der Waals surface area contributed by atoms with Crippen molar-refractivity contribution in [3.63, 3.8) is 0 Å². The van der Waals surface area contributed by atoms with Crippen LogP contribution in [-0.4, -0.2) is 22.8 Å². The summed E-state index contributed by atoms with van der Waals surface area (Å²) in [6.07, 6.45) is 1.13. The Labute approximate surface area is 105 Å². The van der Waals surface area contributed by atoms with Gasteiger partial charge in [0.05, 0.1) is 23.5 Å². The first-order chi connectivity index (χ1) is 8.38. The molecule has 3 rings (SSSR count). The molecule has 0 aliphatic carbocycles. The van der Waals surface area contributed by atoms with Crippen LogP contribution < -0.4 is 0 Å². The maximum atomic E-state index is 5.97. The minimum absolute atomic E-state index is 0.461. The molecule has 1 unspecified atom stereocenters. The highest BCUT2D eigenvalue weighted by Gasteiger charge is 2.19. The first kappa shape index (κ1) is 11.1. The van der Waals surface area contributed by atoms with Crippen molar-refractivity contribution in [2.45, 2.75) is 18.8 Å². The van der Waals surface area contributed by atoms with E-state index in [1.165, 1.54) is 5.52 Å². The lowest BCUT2D eigenvalue weighted by atomic mass is 10.1. The molecule has 0 radical (unpaired) electrons. The minimum Gasteiger partial charge on any atom is -0.381 e. The molecule has 0 amide bonds. The Morgan fingerprint density at radius 3 is 3.06 bits per heavy atom. The number of imidazole rings is 1. The van der Waals surface area contributed by atoms with Crippen LogP contribution in [0.15, 0.2) is 24.3 Å². The lowest BCUT2D eigenvalue weighted by Gasteiger charge is -2.12. The number of hydrogen-bond donors (Lipinski definition) is 0. The van der Waals surface area contributed by atoms with Gasteiger partial charge in [-0.3, -0.25) is 0 Å².